The van der Waals surface area contributed by atoms with Crippen LogP contribution in [0.4, 0.5) is 8.78 Å². The highest BCUT2D eigenvalue weighted by atomic mass is 19.3. The van der Waals surface area contributed by atoms with Gasteiger partial charge in [0.25, 0.3) is 6.43 Å². The maximum Gasteiger partial charge on any atom is 0.354 e. The number of pyridine rings is 1. The molecule has 0 saturated heterocycles. The Labute approximate surface area is 91.5 Å². The second-order valence-corrected chi connectivity index (χ2v) is 3.40. The van der Waals surface area contributed by atoms with Crippen molar-refractivity contribution in [1.82, 2.24) is 9.88 Å². The number of aromatic nitrogens is 1. The minimum atomic E-state index is -2.44. The summed E-state index contributed by atoms with van der Waals surface area (Å²) in [6.45, 7) is -0.256. The molecule has 0 saturated carbocycles. The van der Waals surface area contributed by atoms with Crippen LogP contribution in [0.15, 0.2) is 18.3 Å². The molecule has 1 rings (SSSR count). The number of carbonyl (C=O) groups is 1. The van der Waals surface area contributed by atoms with Gasteiger partial charge in [-0.1, -0.05) is 6.07 Å². The number of hydrogen-bond acceptors (Lipinski definition) is 3. The van der Waals surface area contributed by atoms with E-state index in [2.05, 4.69) is 4.98 Å². The molecule has 0 radical (unpaired) electrons. The Bertz CT molecular complexity index is 372. The molecule has 6 heteroatoms. The van der Waals surface area contributed by atoms with Crippen LogP contribution in [-0.2, 0) is 6.54 Å². The average Bonchev–Trinajstić information content (AvgIpc) is 2.16. The Morgan fingerprint density at radius 3 is 2.88 bits per heavy atom. The van der Waals surface area contributed by atoms with Crippen molar-refractivity contribution in [3.8, 4) is 0 Å². The van der Waals surface area contributed by atoms with Crippen molar-refractivity contribution in [3.05, 3.63) is 29.6 Å². The molecule has 16 heavy (non-hydrogen) atoms. The Hall–Kier alpha value is -1.56. The molecule has 0 aliphatic carbocycles. The zero-order chi connectivity index (χ0) is 12.1. The van der Waals surface area contributed by atoms with E-state index in [0.29, 0.717) is 5.56 Å². The lowest BCUT2D eigenvalue weighted by atomic mass is 10.2. The summed E-state index contributed by atoms with van der Waals surface area (Å²) in [5.74, 6) is -1.15. The largest absolute Gasteiger partial charge is 0.477 e. The van der Waals surface area contributed by atoms with Gasteiger partial charge in [-0.25, -0.2) is 18.6 Å². The lowest BCUT2D eigenvalue weighted by molar-refractivity contribution is 0.0686. The number of alkyl halides is 2. The van der Waals surface area contributed by atoms with Crippen molar-refractivity contribution >= 4 is 5.97 Å². The van der Waals surface area contributed by atoms with E-state index in [4.69, 9.17) is 5.11 Å². The summed E-state index contributed by atoms with van der Waals surface area (Å²) < 4.78 is 24.1. The van der Waals surface area contributed by atoms with Gasteiger partial charge in [-0.15, -0.1) is 0 Å². The topological polar surface area (TPSA) is 53.4 Å². The average molecular weight is 230 g/mol. The maximum atomic E-state index is 12.1. The van der Waals surface area contributed by atoms with Crippen molar-refractivity contribution in [2.24, 2.45) is 0 Å². The van der Waals surface area contributed by atoms with Gasteiger partial charge in [-0.2, -0.15) is 0 Å². The van der Waals surface area contributed by atoms with Crippen LogP contribution in [0, 0.1) is 0 Å². The minimum Gasteiger partial charge on any atom is -0.477 e. The molecule has 0 aliphatic heterocycles. The van der Waals surface area contributed by atoms with Gasteiger partial charge >= 0.3 is 5.97 Å². The molecule has 4 nitrogen and oxygen atoms in total. The van der Waals surface area contributed by atoms with Crippen molar-refractivity contribution in [1.29, 1.82) is 0 Å². The van der Waals surface area contributed by atoms with Crippen molar-refractivity contribution in [3.63, 3.8) is 0 Å². The lowest BCUT2D eigenvalue weighted by Crippen LogP contribution is -2.25. The smallest absolute Gasteiger partial charge is 0.354 e. The molecule has 0 unspecified atom stereocenters. The van der Waals surface area contributed by atoms with Crippen molar-refractivity contribution < 1.29 is 18.7 Å². The van der Waals surface area contributed by atoms with Gasteiger partial charge in [-0.05, 0) is 18.7 Å². The quantitative estimate of drug-likeness (QED) is 0.832. The molecule has 1 aromatic heterocycles. The third-order valence-electron chi connectivity index (χ3n) is 1.98. The second kappa shape index (κ2) is 5.50. The van der Waals surface area contributed by atoms with E-state index in [1.54, 1.807) is 12.1 Å². The standard InChI is InChI=1S/C10H12F2N2O2/c1-14(6-8(11)12)5-7-3-2-4-13-9(7)10(15)16/h2-4,8H,5-6H2,1H3,(H,15,16). The number of hydrogen-bond donors (Lipinski definition) is 1. The summed E-state index contributed by atoms with van der Waals surface area (Å²) in [6.07, 6.45) is -1.07. The SMILES string of the molecule is CN(Cc1cccnc1C(=O)O)CC(F)F. The van der Waals surface area contributed by atoms with Gasteiger partial charge in [0.15, 0.2) is 5.69 Å². The fourth-order valence-corrected chi connectivity index (χ4v) is 1.35. The molecule has 0 aromatic carbocycles. The number of rotatable bonds is 5. The molecule has 88 valence electrons. The molecule has 0 atom stereocenters. The Kier molecular flexibility index (Phi) is 4.30. The van der Waals surface area contributed by atoms with E-state index in [0.717, 1.165) is 0 Å². The lowest BCUT2D eigenvalue weighted by Gasteiger charge is -2.16. The Morgan fingerprint density at radius 2 is 2.31 bits per heavy atom. The minimum absolute atomic E-state index is 0.0939. The molecular weight excluding hydrogens is 218 g/mol. The summed E-state index contributed by atoms with van der Waals surface area (Å²) in [6, 6.07) is 3.15. The first-order valence-corrected chi connectivity index (χ1v) is 4.64. The third-order valence-corrected chi connectivity index (χ3v) is 1.98. The van der Waals surface area contributed by atoms with Crippen LogP contribution < -0.4 is 0 Å². The van der Waals surface area contributed by atoms with Gasteiger partial charge in [0, 0.05) is 12.7 Å². The summed E-state index contributed by atoms with van der Waals surface area (Å²) in [4.78, 5) is 15.8. The monoisotopic (exact) mass is 230 g/mol. The van der Waals surface area contributed by atoms with E-state index in [-0.39, 0.29) is 12.2 Å². The van der Waals surface area contributed by atoms with Crippen LogP contribution in [0.25, 0.3) is 0 Å². The zero-order valence-electron chi connectivity index (χ0n) is 8.73. The molecule has 0 amide bonds. The summed E-state index contributed by atoms with van der Waals surface area (Å²) in [5.41, 5.74) is 0.335. The van der Waals surface area contributed by atoms with E-state index in [1.807, 2.05) is 0 Å². The van der Waals surface area contributed by atoms with Crippen LogP contribution in [0.2, 0.25) is 0 Å². The number of nitrogens with zero attached hydrogens (tertiary/aromatic N) is 2. The van der Waals surface area contributed by atoms with Crippen LogP contribution in [0.1, 0.15) is 16.1 Å². The van der Waals surface area contributed by atoms with Crippen LogP contribution in [0.5, 0.6) is 0 Å². The number of halogens is 2. The number of carboxylic acid groups (broad SMARTS) is 1. The summed E-state index contributed by atoms with van der Waals surface area (Å²) in [5, 5.41) is 8.83. The maximum absolute atomic E-state index is 12.1. The highest BCUT2D eigenvalue weighted by Gasteiger charge is 2.14. The highest BCUT2D eigenvalue weighted by Crippen LogP contribution is 2.09. The van der Waals surface area contributed by atoms with Gasteiger partial charge in [0.2, 0.25) is 0 Å². The van der Waals surface area contributed by atoms with Crippen LogP contribution >= 0.6 is 0 Å². The number of aromatic carboxylic acids is 1. The van der Waals surface area contributed by atoms with E-state index < -0.39 is 18.9 Å². The van der Waals surface area contributed by atoms with E-state index in [9.17, 15) is 13.6 Å². The molecule has 0 spiro atoms. The Morgan fingerprint density at radius 1 is 1.62 bits per heavy atom. The Balaban J connectivity index is 2.76. The summed E-state index contributed by atoms with van der Waals surface area (Å²) >= 11 is 0. The zero-order valence-corrected chi connectivity index (χ0v) is 8.73. The predicted molar refractivity (Wildman–Crippen MR) is 53.5 cm³/mol. The predicted octanol–water partition coefficient (Wildman–Crippen LogP) is 1.48. The first-order valence-electron chi connectivity index (χ1n) is 4.64. The first-order chi connectivity index (χ1) is 7.50. The molecule has 1 aromatic rings. The molecule has 1 N–H and O–H groups in total. The van der Waals surface area contributed by atoms with Gasteiger partial charge in [0.05, 0.1) is 6.54 Å². The molecule has 0 bridgehead atoms. The van der Waals surface area contributed by atoms with E-state index >= 15 is 0 Å². The fourth-order valence-electron chi connectivity index (χ4n) is 1.35. The summed E-state index contributed by atoms with van der Waals surface area (Å²) in [7, 11) is 1.50. The van der Waals surface area contributed by atoms with Gasteiger partial charge < -0.3 is 5.11 Å². The second-order valence-electron chi connectivity index (χ2n) is 3.40. The highest BCUT2D eigenvalue weighted by molar-refractivity contribution is 5.86. The molecular formula is C10H12F2N2O2. The van der Waals surface area contributed by atoms with Crippen molar-refractivity contribution in [2.45, 2.75) is 13.0 Å². The normalized spacial score (nSPS) is 11.1. The third kappa shape index (κ3) is 3.54. The van der Waals surface area contributed by atoms with Crippen LogP contribution in [-0.4, -0.2) is 41.0 Å². The van der Waals surface area contributed by atoms with E-state index in [1.165, 1.54) is 18.1 Å². The van der Waals surface area contributed by atoms with Gasteiger partial charge in [0.1, 0.15) is 0 Å². The fraction of sp³-hybridized carbons (Fsp3) is 0.400. The molecule has 1 heterocycles. The first kappa shape index (κ1) is 12.5. The molecule has 0 fully saturated rings. The van der Waals surface area contributed by atoms with Crippen LogP contribution in [0.3, 0.4) is 0 Å². The molecule has 0 aliphatic rings. The van der Waals surface area contributed by atoms with Crippen molar-refractivity contribution in [2.75, 3.05) is 13.6 Å². The van der Waals surface area contributed by atoms with Gasteiger partial charge in [-0.3, -0.25) is 4.90 Å². The number of carboxylic acids is 1.